The van der Waals surface area contributed by atoms with E-state index in [1.807, 2.05) is 0 Å². The van der Waals surface area contributed by atoms with Crippen LogP contribution < -0.4 is 16.4 Å². The van der Waals surface area contributed by atoms with Crippen molar-refractivity contribution in [3.8, 4) is 0 Å². The van der Waals surface area contributed by atoms with Gasteiger partial charge in [0.2, 0.25) is 5.91 Å². The number of aromatic nitrogens is 2. The van der Waals surface area contributed by atoms with Gasteiger partial charge in [0.05, 0.1) is 17.1 Å². The van der Waals surface area contributed by atoms with Gasteiger partial charge >= 0.3 is 12.0 Å². The Labute approximate surface area is 114 Å². The van der Waals surface area contributed by atoms with Crippen molar-refractivity contribution < 1.29 is 19.5 Å². The van der Waals surface area contributed by atoms with Crippen LogP contribution in [0.3, 0.4) is 0 Å². The molecule has 0 aliphatic rings. The highest BCUT2D eigenvalue weighted by Crippen LogP contribution is 2.15. The van der Waals surface area contributed by atoms with E-state index < -0.39 is 23.9 Å². The van der Waals surface area contributed by atoms with Crippen LogP contribution in [0.2, 0.25) is 0 Å². The molecule has 9 nitrogen and oxygen atoms in total. The molecular weight excluding hydrogens is 266 g/mol. The molecule has 1 atom stereocenters. The molecule has 0 radical (unpaired) electrons. The summed E-state index contributed by atoms with van der Waals surface area (Å²) in [6.45, 7) is 3.41. The van der Waals surface area contributed by atoms with Crippen molar-refractivity contribution in [1.82, 2.24) is 15.5 Å². The minimum absolute atomic E-state index is 0.0680. The molecule has 0 saturated heterocycles. The summed E-state index contributed by atoms with van der Waals surface area (Å²) in [6.07, 6.45) is -0.192. The van der Waals surface area contributed by atoms with E-state index in [2.05, 4.69) is 20.8 Å². The number of rotatable bonds is 6. The number of carboxylic acids is 1. The summed E-state index contributed by atoms with van der Waals surface area (Å²) < 4.78 is 0. The smallest absolute Gasteiger partial charge is 0.326 e. The van der Waals surface area contributed by atoms with E-state index >= 15 is 0 Å². The monoisotopic (exact) mass is 283 g/mol. The molecule has 0 aromatic carbocycles. The zero-order chi connectivity index (χ0) is 15.3. The summed E-state index contributed by atoms with van der Waals surface area (Å²) in [7, 11) is 0. The Morgan fingerprint density at radius 1 is 1.40 bits per heavy atom. The second-order valence-corrected chi connectivity index (χ2v) is 4.30. The Hall–Kier alpha value is -2.58. The van der Waals surface area contributed by atoms with Gasteiger partial charge in [-0.05, 0) is 20.3 Å². The van der Waals surface area contributed by atoms with Gasteiger partial charge in [0.1, 0.15) is 6.04 Å². The predicted octanol–water partition coefficient (Wildman–Crippen LogP) is -0.133. The Bertz CT molecular complexity index is 505. The lowest BCUT2D eigenvalue weighted by molar-refractivity contribution is -0.139. The number of amides is 3. The van der Waals surface area contributed by atoms with Crippen molar-refractivity contribution in [2.75, 3.05) is 5.32 Å². The number of nitrogens with two attached hydrogens (primary N) is 1. The quantitative estimate of drug-likeness (QED) is 0.492. The lowest BCUT2D eigenvalue weighted by atomic mass is 10.1. The fraction of sp³-hybridized carbons (Fsp3) is 0.455. The number of H-pyrrole nitrogens is 1. The summed E-state index contributed by atoms with van der Waals surface area (Å²) in [5, 5.41) is 20.3. The Kier molecular flexibility index (Phi) is 5.07. The fourth-order valence-corrected chi connectivity index (χ4v) is 1.59. The summed E-state index contributed by atoms with van der Waals surface area (Å²) >= 11 is 0. The topological polar surface area (TPSA) is 150 Å². The number of carbonyl (C=O) groups is 3. The van der Waals surface area contributed by atoms with Crippen LogP contribution in [-0.2, 0) is 9.59 Å². The summed E-state index contributed by atoms with van der Waals surface area (Å²) in [5.41, 5.74) is 6.68. The first kappa shape index (κ1) is 15.5. The molecule has 6 N–H and O–H groups in total. The molecule has 1 heterocycles. The van der Waals surface area contributed by atoms with Crippen LogP contribution in [-0.4, -0.2) is 39.3 Å². The second-order valence-electron chi connectivity index (χ2n) is 4.30. The molecule has 3 amide bonds. The zero-order valence-corrected chi connectivity index (χ0v) is 11.2. The highest BCUT2D eigenvalue weighted by molar-refractivity contribution is 5.93. The van der Waals surface area contributed by atoms with Crippen LogP contribution in [0.5, 0.6) is 0 Å². The van der Waals surface area contributed by atoms with Crippen molar-refractivity contribution in [2.24, 2.45) is 5.73 Å². The molecule has 0 fully saturated rings. The average molecular weight is 283 g/mol. The maximum absolute atomic E-state index is 11.7. The third-order valence-electron chi connectivity index (χ3n) is 2.65. The summed E-state index contributed by atoms with van der Waals surface area (Å²) in [5.74, 6) is -1.86. The minimum atomic E-state index is -1.23. The van der Waals surface area contributed by atoms with E-state index in [1.54, 1.807) is 13.8 Å². The number of aryl methyl sites for hydroxylation is 2. The first-order valence-electron chi connectivity index (χ1n) is 5.91. The molecule has 0 saturated carbocycles. The minimum Gasteiger partial charge on any atom is -0.480 e. The highest BCUT2D eigenvalue weighted by atomic mass is 16.4. The van der Waals surface area contributed by atoms with Crippen LogP contribution >= 0.6 is 0 Å². The SMILES string of the molecule is Cc1n[nH]c(C)c1NC(=O)N[C@@H](CCC(N)=O)C(=O)O. The molecule has 1 aromatic heterocycles. The third kappa shape index (κ3) is 4.26. The van der Waals surface area contributed by atoms with E-state index in [0.717, 1.165) is 0 Å². The number of carbonyl (C=O) groups excluding carboxylic acids is 2. The first-order valence-corrected chi connectivity index (χ1v) is 5.91. The average Bonchev–Trinajstić information content (AvgIpc) is 2.65. The van der Waals surface area contributed by atoms with Crippen molar-refractivity contribution in [2.45, 2.75) is 32.7 Å². The standard InChI is InChI=1S/C11H17N5O4/c1-5-9(6(2)16-15-5)14-11(20)13-7(10(18)19)3-4-8(12)17/h7H,3-4H2,1-2H3,(H2,12,17)(H,15,16)(H,18,19)(H2,13,14,20)/t7-/m0/s1. The van der Waals surface area contributed by atoms with Gasteiger partial charge in [-0.15, -0.1) is 0 Å². The lowest BCUT2D eigenvalue weighted by Gasteiger charge is -2.14. The molecule has 0 bridgehead atoms. The summed E-state index contributed by atoms with van der Waals surface area (Å²) in [4.78, 5) is 33.3. The van der Waals surface area contributed by atoms with Crippen LogP contribution in [0.1, 0.15) is 24.2 Å². The molecule has 0 spiro atoms. The van der Waals surface area contributed by atoms with Crippen molar-refractivity contribution in [3.63, 3.8) is 0 Å². The number of aromatic amines is 1. The van der Waals surface area contributed by atoms with Gasteiger partial charge in [0.15, 0.2) is 0 Å². The number of hydrogen-bond donors (Lipinski definition) is 5. The first-order chi connectivity index (χ1) is 9.31. The summed E-state index contributed by atoms with van der Waals surface area (Å²) in [6, 6.07) is -1.87. The highest BCUT2D eigenvalue weighted by Gasteiger charge is 2.21. The second kappa shape index (κ2) is 6.55. The largest absolute Gasteiger partial charge is 0.480 e. The molecule has 20 heavy (non-hydrogen) atoms. The van der Waals surface area contributed by atoms with Gasteiger partial charge in [0, 0.05) is 6.42 Å². The number of hydrogen-bond acceptors (Lipinski definition) is 4. The Morgan fingerprint density at radius 3 is 2.50 bits per heavy atom. The molecule has 0 unspecified atom stereocenters. The van der Waals surface area contributed by atoms with Crippen molar-refractivity contribution >= 4 is 23.6 Å². The number of nitrogens with zero attached hydrogens (tertiary/aromatic N) is 1. The van der Waals surface area contributed by atoms with Crippen LogP contribution in [0.25, 0.3) is 0 Å². The van der Waals surface area contributed by atoms with E-state index in [9.17, 15) is 14.4 Å². The van der Waals surface area contributed by atoms with Gasteiger partial charge in [-0.3, -0.25) is 9.89 Å². The van der Waals surface area contributed by atoms with E-state index in [4.69, 9.17) is 10.8 Å². The number of carboxylic acid groups (broad SMARTS) is 1. The van der Waals surface area contributed by atoms with Gasteiger partial charge in [-0.25, -0.2) is 9.59 Å². The molecule has 9 heteroatoms. The van der Waals surface area contributed by atoms with Crippen molar-refractivity contribution in [1.29, 1.82) is 0 Å². The molecule has 0 aliphatic carbocycles. The molecular formula is C11H17N5O4. The third-order valence-corrected chi connectivity index (χ3v) is 2.65. The van der Waals surface area contributed by atoms with E-state index in [0.29, 0.717) is 17.1 Å². The van der Waals surface area contributed by atoms with Gasteiger partial charge < -0.3 is 21.5 Å². The molecule has 1 rings (SSSR count). The van der Waals surface area contributed by atoms with E-state index in [1.165, 1.54) is 0 Å². The predicted molar refractivity (Wildman–Crippen MR) is 70.1 cm³/mol. The van der Waals surface area contributed by atoms with Crippen molar-refractivity contribution in [3.05, 3.63) is 11.4 Å². The number of aliphatic carboxylic acids is 1. The van der Waals surface area contributed by atoms with Gasteiger partial charge in [0.25, 0.3) is 0 Å². The van der Waals surface area contributed by atoms with Crippen LogP contribution in [0.4, 0.5) is 10.5 Å². The fourth-order valence-electron chi connectivity index (χ4n) is 1.59. The van der Waals surface area contributed by atoms with Crippen LogP contribution in [0, 0.1) is 13.8 Å². The zero-order valence-electron chi connectivity index (χ0n) is 11.2. The Balaban J connectivity index is 2.62. The number of urea groups is 1. The number of anilines is 1. The normalized spacial score (nSPS) is 11.7. The molecule has 1 aromatic rings. The number of primary amides is 1. The maximum Gasteiger partial charge on any atom is 0.326 e. The van der Waals surface area contributed by atoms with Gasteiger partial charge in [-0.1, -0.05) is 0 Å². The lowest BCUT2D eigenvalue weighted by Crippen LogP contribution is -2.43. The Morgan fingerprint density at radius 2 is 2.05 bits per heavy atom. The maximum atomic E-state index is 11.7. The molecule has 0 aliphatic heterocycles. The van der Waals surface area contributed by atoms with Crippen LogP contribution in [0.15, 0.2) is 0 Å². The molecule has 110 valence electrons. The van der Waals surface area contributed by atoms with E-state index in [-0.39, 0.29) is 12.8 Å². The number of nitrogens with one attached hydrogen (secondary N) is 3. The van der Waals surface area contributed by atoms with Gasteiger partial charge in [-0.2, -0.15) is 5.10 Å².